The molecule has 2 aromatic carbocycles. The summed E-state index contributed by atoms with van der Waals surface area (Å²) in [6.45, 7) is 5.29. The first kappa shape index (κ1) is 20.8. The molecule has 150 valence electrons. The van der Waals surface area contributed by atoms with Crippen LogP contribution in [0.1, 0.15) is 22.4 Å². The molecule has 0 radical (unpaired) electrons. The molecule has 1 N–H and O–H groups in total. The van der Waals surface area contributed by atoms with Gasteiger partial charge < -0.3 is 9.88 Å². The van der Waals surface area contributed by atoms with Gasteiger partial charge in [0.2, 0.25) is 0 Å². The van der Waals surface area contributed by atoms with Crippen LogP contribution in [0.25, 0.3) is 10.9 Å². The average molecular weight is 414 g/mol. The van der Waals surface area contributed by atoms with Gasteiger partial charge in [0.25, 0.3) is 0 Å². The fourth-order valence-electron chi connectivity index (χ4n) is 3.55. The molecule has 0 aliphatic carbocycles. The van der Waals surface area contributed by atoms with E-state index in [1.165, 1.54) is 18.2 Å². The van der Waals surface area contributed by atoms with Crippen LogP contribution in [0.2, 0.25) is 0 Å². The summed E-state index contributed by atoms with van der Waals surface area (Å²) in [4.78, 5) is 4.52. The van der Waals surface area contributed by atoms with Crippen LogP contribution in [-0.4, -0.2) is 9.55 Å². The van der Waals surface area contributed by atoms with Crippen LogP contribution in [0.3, 0.4) is 0 Å². The molecule has 29 heavy (non-hydrogen) atoms. The first-order chi connectivity index (χ1) is 13.5. The number of anilines is 1. The average Bonchev–Trinajstić information content (AvgIpc) is 2.93. The van der Waals surface area contributed by atoms with Gasteiger partial charge in [0.1, 0.15) is 17.5 Å². The Labute approximate surface area is 174 Å². The third kappa shape index (κ3) is 4.25. The first-order valence-corrected chi connectivity index (χ1v) is 9.20. The number of nitrogens with zero attached hydrogens (tertiary/aromatic N) is 2. The fourth-order valence-corrected chi connectivity index (χ4v) is 3.55. The molecule has 0 aliphatic heterocycles. The lowest BCUT2D eigenvalue weighted by Crippen LogP contribution is -2.03. The van der Waals surface area contributed by atoms with Crippen molar-refractivity contribution in [1.29, 1.82) is 0 Å². The van der Waals surface area contributed by atoms with Gasteiger partial charge in [-0.1, -0.05) is 24.3 Å². The summed E-state index contributed by atoms with van der Waals surface area (Å²) in [6, 6.07) is 15.1. The maximum absolute atomic E-state index is 13.6. The monoisotopic (exact) mass is 413 g/mol. The minimum Gasteiger partial charge on any atom is -0.365 e. The first-order valence-electron chi connectivity index (χ1n) is 9.20. The van der Waals surface area contributed by atoms with Gasteiger partial charge in [-0.3, -0.25) is 0 Å². The number of nitrogens with one attached hydrogen (secondary N) is 1. The quantitative estimate of drug-likeness (QED) is 0.434. The molecule has 0 saturated heterocycles. The van der Waals surface area contributed by atoms with Crippen LogP contribution in [0.15, 0.2) is 60.8 Å². The molecule has 0 bridgehead atoms. The summed E-state index contributed by atoms with van der Waals surface area (Å²) in [6.07, 6.45) is 1.77. The molecule has 3 nitrogen and oxygen atoms in total. The smallest absolute Gasteiger partial charge is 0.135 e. The molecule has 2 aromatic heterocycles. The highest BCUT2D eigenvalue weighted by Crippen LogP contribution is 2.31. The van der Waals surface area contributed by atoms with E-state index >= 15 is 0 Å². The van der Waals surface area contributed by atoms with Gasteiger partial charge in [0, 0.05) is 30.4 Å². The molecule has 0 amide bonds. The summed E-state index contributed by atoms with van der Waals surface area (Å²) in [7, 11) is 0. The summed E-state index contributed by atoms with van der Waals surface area (Å²) >= 11 is 0. The topological polar surface area (TPSA) is 29.9 Å². The molecule has 0 unspecified atom stereocenters. The Bertz CT molecular complexity index is 1140. The van der Waals surface area contributed by atoms with Gasteiger partial charge in [0.15, 0.2) is 0 Å². The standard InChI is InChI=1S/C23H21F2N3.ClH/c1-15-16(2)28(14-18-4-3-5-20(25)12-18)21-10-11-26-23(22(15)21)27-13-17-6-8-19(24)9-7-17;/h3-12H,13-14H2,1-2H3,(H,26,27);1H. The van der Waals surface area contributed by atoms with E-state index in [0.29, 0.717) is 13.1 Å². The van der Waals surface area contributed by atoms with Gasteiger partial charge in [-0.05, 0) is 60.9 Å². The number of rotatable bonds is 5. The lowest BCUT2D eigenvalue weighted by molar-refractivity contribution is 0.623. The second-order valence-corrected chi connectivity index (χ2v) is 6.96. The molecule has 6 heteroatoms. The Morgan fingerprint density at radius 3 is 2.41 bits per heavy atom. The van der Waals surface area contributed by atoms with Crippen LogP contribution in [0.5, 0.6) is 0 Å². The molecule has 4 aromatic rings. The van der Waals surface area contributed by atoms with Gasteiger partial charge in [-0.25, -0.2) is 13.8 Å². The Hall–Kier alpha value is -2.92. The SMILES string of the molecule is Cc1c(C)n(Cc2cccc(F)c2)c2ccnc(NCc3ccc(F)cc3)c12.Cl. The van der Waals surface area contributed by atoms with Crippen molar-refractivity contribution in [2.24, 2.45) is 0 Å². The van der Waals surface area contributed by atoms with Gasteiger partial charge in [-0.15, -0.1) is 12.4 Å². The Morgan fingerprint density at radius 2 is 1.69 bits per heavy atom. The van der Waals surface area contributed by atoms with Gasteiger partial charge >= 0.3 is 0 Å². The highest BCUT2D eigenvalue weighted by Gasteiger charge is 2.15. The van der Waals surface area contributed by atoms with Crippen LogP contribution in [0.4, 0.5) is 14.6 Å². The van der Waals surface area contributed by atoms with Crippen molar-refractivity contribution in [3.05, 3.63) is 94.8 Å². The Balaban J connectivity index is 0.00000240. The van der Waals surface area contributed by atoms with E-state index in [-0.39, 0.29) is 24.0 Å². The van der Waals surface area contributed by atoms with E-state index in [1.54, 1.807) is 30.5 Å². The molecule has 0 fully saturated rings. The van der Waals surface area contributed by atoms with Crippen LogP contribution >= 0.6 is 12.4 Å². The number of hydrogen-bond donors (Lipinski definition) is 1. The maximum Gasteiger partial charge on any atom is 0.135 e. The van der Waals surface area contributed by atoms with Crippen LogP contribution in [-0.2, 0) is 13.1 Å². The van der Waals surface area contributed by atoms with Gasteiger partial charge in [-0.2, -0.15) is 0 Å². The van der Waals surface area contributed by atoms with Crippen molar-refractivity contribution < 1.29 is 8.78 Å². The maximum atomic E-state index is 13.6. The van der Waals surface area contributed by atoms with Crippen molar-refractivity contribution in [3.63, 3.8) is 0 Å². The van der Waals surface area contributed by atoms with E-state index in [4.69, 9.17) is 0 Å². The molecule has 0 aliphatic rings. The zero-order valence-electron chi connectivity index (χ0n) is 16.2. The van der Waals surface area contributed by atoms with Crippen molar-refractivity contribution in [1.82, 2.24) is 9.55 Å². The number of fused-ring (bicyclic) bond motifs is 1. The van der Waals surface area contributed by atoms with E-state index in [2.05, 4.69) is 28.7 Å². The van der Waals surface area contributed by atoms with E-state index in [9.17, 15) is 8.78 Å². The second kappa shape index (κ2) is 8.62. The predicted molar refractivity (Wildman–Crippen MR) is 116 cm³/mol. The number of benzene rings is 2. The third-order valence-corrected chi connectivity index (χ3v) is 5.15. The summed E-state index contributed by atoms with van der Waals surface area (Å²) in [5, 5.41) is 4.43. The highest BCUT2D eigenvalue weighted by molar-refractivity contribution is 5.94. The van der Waals surface area contributed by atoms with Gasteiger partial charge in [0.05, 0.1) is 5.52 Å². The minimum absolute atomic E-state index is 0. The van der Waals surface area contributed by atoms with Crippen molar-refractivity contribution >= 4 is 29.1 Å². The second-order valence-electron chi connectivity index (χ2n) is 6.96. The van der Waals surface area contributed by atoms with E-state index in [1.807, 2.05) is 12.1 Å². The van der Waals surface area contributed by atoms with E-state index < -0.39 is 0 Å². The number of halogens is 3. The van der Waals surface area contributed by atoms with Crippen molar-refractivity contribution in [2.75, 3.05) is 5.32 Å². The third-order valence-electron chi connectivity index (χ3n) is 5.15. The molecule has 4 rings (SSSR count). The highest BCUT2D eigenvalue weighted by atomic mass is 35.5. The number of aromatic nitrogens is 2. The molecule has 0 saturated carbocycles. The zero-order chi connectivity index (χ0) is 19.7. The Kier molecular flexibility index (Phi) is 6.18. The fraction of sp³-hybridized carbons (Fsp3) is 0.174. The van der Waals surface area contributed by atoms with Crippen LogP contribution in [0, 0.1) is 25.5 Å². The Morgan fingerprint density at radius 1 is 0.931 bits per heavy atom. The summed E-state index contributed by atoms with van der Waals surface area (Å²) in [5.74, 6) is 0.317. The van der Waals surface area contributed by atoms with Crippen molar-refractivity contribution in [2.45, 2.75) is 26.9 Å². The lowest BCUT2D eigenvalue weighted by Gasteiger charge is -2.10. The predicted octanol–water partition coefficient (Wildman–Crippen LogP) is 6.01. The molecule has 0 spiro atoms. The molecule has 2 heterocycles. The summed E-state index contributed by atoms with van der Waals surface area (Å²) in [5.41, 5.74) is 5.21. The normalized spacial score (nSPS) is 10.8. The van der Waals surface area contributed by atoms with Crippen molar-refractivity contribution in [3.8, 4) is 0 Å². The minimum atomic E-state index is -0.245. The number of pyridine rings is 1. The zero-order valence-corrected chi connectivity index (χ0v) is 17.1. The lowest BCUT2D eigenvalue weighted by atomic mass is 10.1. The van der Waals surface area contributed by atoms with Crippen LogP contribution < -0.4 is 5.32 Å². The molecular weight excluding hydrogens is 392 g/mol. The molecular formula is C23H22ClF2N3. The number of hydrogen-bond acceptors (Lipinski definition) is 2. The molecule has 0 atom stereocenters. The summed E-state index contributed by atoms with van der Waals surface area (Å²) < 4.78 is 28.9. The van der Waals surface area contributed by atoms with E-state index in [0.717, 1.165) is 39.1 Å². The number of aryl methyl sites for hydroxylation is 1. The largest absolute Gasteiger partial charge is 0.365 e.